The Morgan fingerprint density at radius 3 is 1.82 bits per heavy atom. The highest BCUT2D eigenvalue weighted by Crippen LogP contribution is 2.27. The number of anilines is 1. The first-order chi connectivity index (χ1) is 16.7. The summed E-state index contributed by atoms with van der Waals surface area (Å²) in [5.41, 5.74) is 5.18. The second kappa shape index (κ2) is 9.38. The predicted molar refractivity (Wildman–Crippen MR) is 137 cm³/mol. The molecular formula is C29H21N3O2. The molecule has 0 aliphatic carbocycles. The third-order valence-electron chi connectivity index (χ3n) is 5.61. The standard InChI is InChI=1S/C29H21N3O2/c33-28(20-8-2-1-3-9-20)31-24-16-14-21(15-17-24)29(34)32-30-19-27-25-12-6-4-10-22(25)18-23-11-5-7-13-26(23)27/h1-19H,(H,31,33)(H,32,34). The fourth-order valence-corrected chi connectivity index (χ4v) is 3.91. The fourth-order valence-electron chi connectivity index (χ4n) is 3.91. The summed E-state index contributed by atoms with van der Waals surface area (Å²) >= 11 is 0. The molecular weight excluding hydrogens is 422 g/mol. The molecule has 0 unspecified atom stereocenters. The van der Waals surface area contributed by atoms with Crippen LogP contribution in [0.4, 0.5) is 5.69 Å². The number of hydrazone groups is 1. The van der Waals surface area contributed by atoms with Crippen molar-refractivity contribution in [3.63, 3.8) is 0 Å². The molecule has 0 spiro atoms. The lowest BCUT2D eigenvalue weighted by Crippen LogP contribution is -2.18. The quantitative estimate of drug-likeness (QED) is 0.198. The zero-order valence-electron chi connectivity index (χ0n) is 18.2. The van der Waals surface area contributed by atoms with E-state index in [9.17, 15) is 9.59 Å². The second-order valence-electron chi connectivity index (χ2n) is 7.83. The van der Waals surface area contributed by atoms with Gasteiger partial charge in [0.1, 0.15) is 0 Å². The molecule has 2 amide bonds. The number of fused-ring (bicyclic) bond motifs is 2. The molecule has 0 aliphatic rings. The Morgan fingerprint density at radius 1 is 0.618 bits per heavy atom. The molecule has 2 N–H and O–H groups in total. The van der Waals surface area contributed by atoms with Crippen molar-refractivity contribution in [2.45, 2.75) is 0 Å². The number of nitrogens with one attached hydrogen (secondary N) is 2. The Kier molecular flexibility index (Phi) is 5.82. The number of hydrogen-bond donors (Lipinski definition) is 2. The maximum absolute atomic E-state index is 12.6. The topological polar surface area (TPSA) is 70.6 Å². The molecule has 34 heavy (non-hydrogen) atoms. The summed E-state index contributed by atoms with van der Waals surface area (Å²) in [7, 11) is 0. The van der Waals surface area contributed by atoms with Crippen molar-refractivity contribution < 1.29 is 9.59 Å². The Bertz CT molecular complexity index is 1470. The van der Waals surface area contributed by atoms with Gasteiger partial charge in [0.2, 0.25) is 0 Å². The minimum absolute atomic E-state index is 0.204. The van der Waals surface area contributed by atoms with Gasteiger partial charge in [0.15, 0.2) is 0 Å². The molecule has 5 aromatic carbocycles. The number of benzene rings is 5. The highest BCUT2D eigenvalue weighted by Gasteiger charge is 2.09. The largest absolute Gasteiger partial charge is 0.322 e. The van der Waals surface area contributed by atoms with Gasteiger partial charge in [0, 0.05) is 22.4 Å². The van der Waals surface area contributed by atoms with Crippen molar-refractivity contribution in [2.75, 3.05) is 5.32 Å². The first kappa shape index (κ1) is 21.1. The average Bonchev–Trinajstić information content (AvgIpc) is 2.89. The van der Waals surface area contributed by atoms with E-state index >= 15 is 0 Å². The lowest BCUT2D eigenvalue weighted by Gasteiger charge is -2.08. The molecule has 0 fully saturated rings. The summed E-state index contributed by atoms with van der Waals surface area (Å²) in [6.45, 7) is 0. The van der Waals surface area contributed by atoms with Gasteiger partial charge in [-0.2, -0.15) is 5.10 Å². The Labute approximate surface area is 196 Å². The van der Waals surface area contributed by atoms with Crippen LogP contribution in [0.1, 0.15) is 26.3 Å². The van der Waals surface area contributed by atoms with E-state index in [2.05, 4.69) is 34.0 Å². The van der Waals surface area contributed by atoms with Gasteiger partial charge in [0.25, 0.3) is 11.8 Å². The first-order valence-electron chi connectivity index (χ1n) is 10.9. The summed E-state index contributed by atoms with van der Waals surface area (Å²) in [5.74, 6) is -0.536. The molecule has 0 heterocycles. The summed E-state index contributed by atoms with van der Waals surface area (Å²) < 4.78 is 0. The second-order valence-corrected chi connectivity index (χ2v) is 7.83. The maximum atomic E-state index is 12.6. The lowest BCUT2D eigenvalue weighted by atomic mass is 9.97. The third kappa shape index (κ3) is 4.40. The van der Waals surface area contributed by atoms with Crippen LogP contribution in [-0.4, -0.2) is 18.0 Å². The zero-order valence-corrected chi connectivity index (χ0v) is 18.2. The van der Waals surface area contributed by atoms with Gasteiger partial charge in [-0.15, -0.1) is 0 Å². The van der Waals surface area contributed by atoms with Crippen LogP contribution < -0.4 is 10.7 Å². The van der Waals surface area contributed by atoms with Crippen molar-refractivity contribution in [3.05, 3.63) is 126 Å². The van der Waals surface area contributed by atoms with Crippen molar-refractivity contribution in [3.8, 4) is 0 Å². The Morgan fingerprint density at radius 2 is 1.18 bits per heavy atom. The van der Waals surface area contributed by atoms with Crippen LogP contribution in [0.2, 0.25) is 0 Å². The molecule has 0 bridgehead atoms. The van der Waals surface area contributed by atoms with Gasteiger partial charge in [-0.1, -0.05) is 66.7 Å². The van der Waals surface area contributed by atoms with E-state index in [0.29, 0.717) is 16.8 Å². The van der Waals surface area contributed by atoms with E-state index in [1.807, 2.05) is 54.6 Å². The number of carbonyl (C=O) groups is 2. The smallest absolute Gasteiger partial charge is 0.271 e. The van der Waals surface area contributed by atoms with Crippen molar-refractivity contribution in [2.24, 2.45) is 5.10 Å². The van der Waals surface area contributed by atoms with Crippen LogP contribution in [0.15, 0.2) is 114 Å². The van der Waals surface area contributed by atoms with Crippen LogP contribution >= 0.6 is 0 Å². The molecule has 5 nitrogen and oxygen atoms in total. The number of nitrogens with zero attached hydrogens (tertiary/aromatic N) is 1. The molecule has 5 rings (SSSR count). The SMILES string of the molecule is O=C(NN=Cc1c2ccccc2cc2ccccc12)c1ccc(NC(=O)c2ccccc2)cc1. The summed E-state index contributed by atoms with van der Waals surface area (Å²) in [4.78, 5) is 24.9. The van der Waals surface area contributed by atoms with Gasteiger partial charge in [0.05, 0.1) is 6.21 Å². The van der Waals surface area contributed by atoms with Crippen LogP contribution in [-0.2, 0) is 0 Å². The van der Waals surface area contributed by atoms with Crippen LogP contribution in [0.3, 0.4) is 0 Å². The van der Waals surface area contributed by atoms with Gasteiger partial charge < -0.3 is 5.32 Å². The first-order valence-corrected chi connectivity index (χ1v) is 10.9. The minimum atomic E-state index is -0.332. The molecule has 0 saturated carbocycles. The van der Waals surface area contributed by atoms with E-state index in [-0.39, 0.29) is 11.8 Å². The average molecular weight is 444 g/mol. The van der Waals surface area contributed by atoms with E-state index in [4.69, 9.17) is 0 Å². The van der Waals surface area contributed by atoms with Crippen molar-refractivity contribution in [1.29, 1.82) is 0 Å². The van der Waals surface area contributed by atoms with Crippen LogP contribution in [0.5, 0.6) is 0 Å². The zero-order chi connectivity index (χ0) is 23.3. The van der Waals surface area contributed by atoms with Gasteiger partial charge in [-0.05, 0) is 64.0 Å². The van der Waals surface area contributed by atoms with Gasteiger partial charge in [-0.3, -0.25) is 9.59 Å². The summed E-state index contributed by atoms with van der Waals surface area (Å²) in [5, 5.41) is 11.4. The van der Waals surface area contributed by atoms with E-state index < -0.39 is 0 Å². The third-order valence-corrected chi connectivity index (χ3v) is 5.61. The van der Waals surface area contributed by atoms with Crippen LogP contribution in [0, 0.1) is 0 Å². The number of carbonyl (C=O) groups excluding carboxylic acids is 2. The molecule has 0 aromatic heterocycles. The van der Waals surface area contributed by atoms with Crippen molar-refractivity contribution in [1.82, 2.24) is 5.43 Å². The number of amides is 2. The fraction of sp³-hybridized carbons (Fsp3) is 0. The molecule has 5 heteroatoms. The molecule has 0 aliphatic heterocycles. The summed E-state index contributed by atoms with van der Waals surface area (Å²) in [6, 6.07) is 34.0. The minimum Gasteiger partial charge on any atom is -0.322 e. The monoisotopic (exact) mass is 443 g/mol. The van der Waals surface area contributed by atoms with E-state index in [0.717, 1.165) is 27.1 Å². The predicted octanol–water partition coefficient (Wildman–Crippen LogP) is 6.01. The Balaban J connectivity index is 1.31. The highest BCUT2D eigenvalue weighted by molar-refractivity contribution is 6.13. The number of rotatable bonds is 5. The molecule has 0 radical (unpaired) electrons. The van der Waals surface area contributed by atoms with E-state index in [1.165, 1.54) is 0 Å². The Hall–Kier alpha value is -4.77. The molecule has 0 atom stereocenters. The highest BCUT2D eigenvalue weighted by atomic mass is 16.2. The summed E-state index contributed by atoms with van der Waals surface area (Å²) in [6.07, 6.45) is 1.69. The van der Waals surface area contributed by atoms with E-state index in [1.54, 1.807) is 42.6 Å². The molecule has 5 aromatic rings. The number of hydrogen-bond acceptors (Lipinski definition) is 3. The van der Waals surface area contributed by atoms with Crippen molar-refractivity contribution >= 4 is 45.3 Å². The van der Waals surface area contributed by atoms with Crippen LogP contribution in [0.25, 0.3) is 21.5 Å². The molecule has 164 valence electrons. The maximum Gasteiger partial charge on any atom is 0.271 e. The van der Waals surface area contributed by atoms with Gasteiger partial charge >= 0.3 is 0 Å². The van der Waals surface area contributed by atoms with Gasteiger partial charge in [-0.25, -0.2) is 5.43 Å². The lowest BCUT2D eigenvalue weighted by molar-refractivity contribution is 0.0954. The molecule has 0 saturated heterocycles. The normalized spacial score (nSPS) is 11.1.